The highest BCUT2D eigenvalue weighted by Gasteiger charge is 2.12. The molecule has 0 saturated heterocycles. The first-order chi connectivity index (χ1) is 19.4. The minimum atomic E-state index is 0.230. The van der Waals surface area contributed by atoms with Crippen molar-refractivity contribution in [1.82, 2.24) is 0 Å². The third-order valence-corrected chi connectivity index (χ3v) is 9.76. The topological polar surface area (TPSA) is 20.2 Å². The number of aliphatic hydroxyl groups excluding tert-OH is 1. The first-order valence-corrected chi connectivity index (χ1v) is 18.4. The summed E-state index contributed by atoms with van der Waals surface area (Å²) in [5.41, 5.74) is 2.75. The van der Waals surface area contributed by atoms with Crippen LogP contribution in [0.3, 0.4) is 0 Å². The van der Waals surface area contributed by atoms with Crippen molar-refractivity contribution >= 4 is 0 Å². The number of allylic oxidation sites excluding steroid dienone is 2. The minimum absolute atomic E-state index is 0.230. The molecule has 1 N–H and O–H groups in total. The molecule has 0 aliphatic carbocycles. The van der Waals surface area contributed by atoms with Gasteiger partial charge in [0.1, 0.15) is 0 Å². The molecule has 0 bridgehead atoms. The van der Waals surface area contributed by atoms with Crippen LogP contribution in [0.4, 0.5) is 0 Å². The molecule has 0 aromatic heterocycles. The highest BCUT2D eigenvalue weighted by molar-refractivity contribution is 5.06. The van der Waals surface area contributed by atoms with E-state index >= 15 is 0 Å². The summed E-state index contributed by atoms with van der Waals surface area (Å²) in [5, 5.41) is 10.0. The largest absolute Gasteiger partial charge is 0.396 e. The second kappa shape index (κ2) is 25.9. The lowest BCUT2D eigenvalue weighted by Crippen LogP contribution is -2.09. The second-order valence-electron chi connectivity index (χ2n) is 15.5. The van der Waals surface area contributed by atoms with E-state index < -0.39 is 0 Å². The van der Waals surface area contributed by atoms with E-state index in [4.69, 9.17) is 0 Å². The summed E-state index contributed by atoms with van der Waals surface area (Å²) in [4.78, 5) is 0. The zero-order chi connectivity index (χ0) is 31.0. The predicted octanol–water partition coefficient (Wildman–Crippen LogP) is 13.4. The van der Waals surface area contributed by atoms with Gasteiger partial charge in [0.15, 0.2) is 0 Å². The minimum Gasteiger partial charge on any atom is -0.396 e. The predicted molar refractivity (Wildman–Crippen MR) is 188 cm³/mol. The molecule has 0 fully saturated rings. The highest BCUT2D eigenvalue weighted by Crippen LogP contribution is 2.26. The molecule has 5 atom stereocenters. The van der Waals surface area contributed by atoms with Gasteiger partial charge in [-0.25, -0.2) is 0 Å². The lowest BCUT2D eigenvalue weighted by Gasteiger charge is -2.18. The molecule has 0 unspecified atom stereocenters. The molecule has 0 aliphatic rings. The van der Waals surface area contributed by atoms with Crippen LogP contribution in [0.25, 0.3) is 0 Å². The number of rotatable bonds is 28. The number of aliphatic hydroxyl groups is 1. The van der Waals surface area contributed by atoms with Crippen molar-refractivity contribution in [3.8, 4) is 0 Å². The van der Waals surface area contributed by atoms with Crippen molar-refractivity contribution in [2.75, 3.05) is 6.61 Å². The van der Waals surface area contributed by atoms with Gasteiger partial charge in [0, 0.05) is 12.5 Å². The molecule has 41 heavy (non-hydrogen) atoms. The Morgan fingerprint density at radius 3 is 1.24 bits per heavy atom. The Balaban J connectivity index is 4.04. The van der Waals surface area contributed by atoms with E-state index in [9.17, 15) is 5.11 Å². The summed E-state index contributed by atoms with van der Waals surface area (Å²) in [7, 11) is 0. The maximum Gasteiger partial charge on any atom is 0.0499 e. The van der Waals surface area contributed by atoms with Gasteiger partial charge in [-0.2, -0.15) is 0 Å². The van der Waals surface area contributed by atoms with Gasteiger partial charge in [-0.3, -0.25) is 0 Å². The molecule has 0 heterocycles. The van der Waals surface area contributed by atoms with Crippen LogP contribution in [0.1, 0.15) is 184 Å². The molecule has 0 radical (unpaired) electrons. The van der Waals surface area contributed by atoms with Crippen molar-refractivity contribution < 1.29 is 5.11 Å². The smallest absolute Gasteiger partial charge is 0.0499 e. The van der Waals surface area contributed by atoms with Gasteiger partial charge in [-0.15, -0.1) is 0 Å². The number of hydrogen-bond donors (Lipinski definition) is 1. The molecule has 0 saturated carbocycles. The van der Waals surface area contributed by atoms with Gasteiger partial charge in [0.05, 0.1) is 0 Å². The van der Waals surface area contributed by atoms with Crippen molar-refractivity contribution in [2.24, 2.45) is 41.4 Å². The van der Waals surface area contributed by atoms with Crippen LogP contribution in [0.15, 0.2) is 23.8 Å². The van der Waals surface area contributed by atoms with Crippen LogP contribution in [0.2, 0.25) is 0 Å². The average molecular weight is 575 g/mol. The van der Waals surface area contributed by atoms with Crippen molar-refractivity contribution in [3.05, 3.63) is 23.8 Å². The van der Waals surface area contributed by atoms with Crippen molar-refractivity contribution in [2.45, 2.75) is 184 Å². The highest BCUT2D eigenvalue weighted by atomic mass is 16.3. The Morgan fingerprint density at radius 1 is 0.537 bits per heavy atom. The van der Waals surface area contributed by atoms with E-state index in [0.717, 1.165) is 48.3 Å². The lowest BCUT2D eigenvalue weighted by atomic mass is 9.89. The molecule has 0 spiro atoms. The molecule has 1 nitrogen and oxygen atoms in total. The van der Waals surface area contributed by atoms with Crippen LogP contribution < -0.4 is 0 Å². The van der Waals surface area contributed by atoms with Crippen LogP contribution in [-0.2, 0) is 0 Å². The van der Waals surface area contributed by atoms with E-state index in [1.807, 2.05) is 0 Å². The fourth-order valence-electron chi connectivity index (χ4n) is 6.38. The Bertz CT molecular complexity index is 629. The Hall–Kier alpha value is -0.560. The lowest BCUT2D eigenvalue weighted by molar-refractivity contribution is 0.244. The summed E-state index contributed by atoms with van der Waals surface area (Å²) >= 11 is 0. The summed E-state index contributed by atoms with van der Waals surface area (Å²) in [6.45, 7) is 26.0. The standard InChI is InChI=1S/C40H78O/c1-32(2)17-11-19-34(5)21-13-23-36(7)25-15-26-38(9)29-30-40(31-41)39(10)28-16-27-37(8)24-14-22-35(6)20-12-18-33(3)4/h29,32-37,40-41H,10-28,30-31H2,1-9H3/b38-29+/t34-,35-,36+,37-,40+/m1/s1. The van der Waals surface area contributed by atoms with Gasteiger partial charge in [0.2, 0.25) is 0 Å². The fraction of sp³-hybridized carbons (Fsp3) is 0.900. The Morgan fingerprint density at radius 2 is 0.878 bits per heavy atom. The summed E-state index contributed by atoms with van der Waals surface area (Å²) in [6, 6.07) is 0. The van der Waals surface area contributed by atoms with Crippen LogP contribution in [0.5, 0.6) is 0 Å². The second-order valence-corrected chi connectivity index (χ2v) is 15.5. The van der Waals surface area contributed by atoms with Gasteiger partial charge in [-0.1, -0.05) is 169 Å². The molecule has 244 valence electrons. The third-order valence-electron chi connectivity index (χ3n) is 9.76. The van der Waals surface area contributed by atoms with Crippen molar-refractivity contribution in [1.29, 1.82) is 0 Å². The van der Waals surface area contributed by atoms with E-state index in [0.29, 0.717) is 0 Å². The van der Waals surface area contributed by atoms with Crippen molar-refractivity contribution in [3.63, 3.8) is 0 Å². The summed E-state index contributed by atoms with van der Waals surface area (Å²) in [5.74, 6) is 5.36. The zero-order valence-electron chi connectivity index (χ0n) is 29.9. The monoisotopic (exact) mass is 575 g/mol. The van der Waals surface area contributed by atoms with Gasteiger partial charge >= 0.3 is 0 Å². The summed E-state index contributed by atoms with van der Waals surface area (Å²) < 4.78 is 0. The van der Waals surface area contributed by atoms with E-state index in [-0.39, 0.29) is 12.5 Å². The number of hydrogen-bond acceptors (Lipinski definition) is 1. The fourth-order valence-corrected chi connectivity index (χ4v) is 6.38. The summed E-state index contributed by atoms with van der Waals surface area (Å²) in [6.07, 6.45) is 27.5. The van der Waals surface area contributed by atoms with Gasteiger partial charge in [-0.05, 0) is 74.5 Å². The van der Waals surface area contributed by atoms with E-state index in [1.54, 1.807) is 0 Å². The van der Waals surface area contributed by atoms with Gasteiger partial charge < -0.3 is 5.11 Å². The molecule has 0 amide bonds. The first kappa shape index (κ1) is 40.4. The molecule has 0 rings (SSSR count). The molecule has 0 aromatic carbocycles. The Kier molecular flexibility index (Phi) is 25.5. The zero-order valence-corrected chi connectivity index (χ0v) is 29.9. The normalized spacial score (nSPS) is 16.2. The van der Waals surface area contributed by atoms with Crippen LogP contribution in [-0.4, -0.2) is 11.7 Å². The Labute approximate surface area is 260 Å². The molecule has 0 aliphatic heterocycles. The maximum absolute atomic E-state index is 10.0. The SMILES string of the molecule is C=C(CCC[C@H](C)CCC[C@H](C)CCCC(C)C)[C@H](CO)C/C=C(\C)CCC[C@@H](C)CCC[C@H](C)CCCC(C)C. The van der Waals surface area contributed by atoms with Crippen LogP contribution >= 0.6 is 0 Å². The van der Waals surface area contributed by atoms with E-state index in [1.165, 1.54) is 120 Å². The van der Waals surface area contributed by atoms with Gasteiger partial charge in [0.25, 0.3) is 0 Å². The van der Waals surface area contributed by atoms with Crippen LogP contribution in [0, 0.1) is 41.4 Å². The quantitative estimate of drug-likeness (QED) is 0.0921. The molecular weight excluding hydrogens is 496 g/mol. The maximum atomic E-state index is 10.0. The average Bonchev–Trinajstić information content (AvgIpc) is 2.88. The van der Waals surface area contributed by atoms with E-state index in [2.05, 4.69) is 75.0 Å². The first-order valence-electron chi connectivity index (χ1n) is 18.4. The molecular formula is C40H78O. The molecule has 1 heteroatoms. The third kappa shape index (κ3) is 25.6. The molecule has 0 aromatic rings.